The number of hydrogen-bond donors (Lipinski definition) is 0. The minimum Gasteiger partial charge on any atom is -0.373 e. The molecule has 0 saturated carbocycles. The van der Waals surface area contributed by atoms with Crippen molar-refractivity contribution in [3.8, 4) is 0 Å². The van der Waals surface area contributed by atoms with Crippen LogP contribution in [0.25, 0.3) is 0 Å². The van der Waals surface area contributed by atoms with Gasteiger partial charge >= 0.3 is 0 Å². The molecule has 1 fully saturated rings. The maximum atomic E-state index is 13.2. The molecule has 1 aromatic carbocycles. The highest BCUT2D eigenvalue weighted by Gasteiger charge is 2.24. The Balaban J connectivity index is 2.19. The fourth-order valence-corrected chi connectivity index (χ4v) is 1.83. The highest BCUT2D eigenvalue weighted by Crippen LogP contribution is 2.31. The number of alkyl halides is 1. The fourth-order valence-electron chi connectivity index (χ4n) is 1.83. The largest absolute Gasteiger partial charge is 0.373 e. The van der Waals surface area contributed by atoms with Crippen LogP contribution in [0, 0.1) is 10.1 Å². The SMILES string of the molecule is O=[N+]([O-])c1cccc([C@@H]2C[C@H](F)CCO2)c1. The molecule has 5 heteroatoms. The summed E-state index contributed by atoms with van der Waals surface area (Å²) in [6.07, 6.45) is -0.547. The lowest BCUT2D eigenvalue weighted by Gasteiger charge is -2.25. The average Bonchev–Trinajstić information content (AvgIpc) is 2.29. The van der Waals surface area contributed by atoms with E-state index in [0.29, 0.717) is 18.6 Å². The van der Waals surface area contributed by atoms with Crippen LogP contribution in [-0.2, 0) is 4.74 Å². The van der Waals surface area contributed by atoms with Gasteiger partial charge in [-0.3, -0.25) is 10.1 Å². The van der Waals surface area contributed by atoms with Crippen molar-refractivity contribution in [1.82, 2.24) is 0 Å². The number of nitro benzene ring substituents is 1. The molecule has 0 bridgehead atoms. The van der Waals surface area contributed by atoms with Crippen molar-refractivity contribution >= 4 is 5.69 Å². The number of non-ortho nitro benzene ring substituents is 1. The van der Waals surface area contributed by atoms with Crippen molar-refractivity contribution in [3.63, 3.8) is 0 Å². The van der Waals surface area contributed by atoms with Crippen LogP contribution in [0.4, 0.5) is 10.1 Å². The van der Waals surface area contributed by atoms with Gasteiger partial charge in [0, 0.05) is 25.0 Å². The van der Waals surface area contributed by atoms with E-state index >= 15 is 0 Å². The maximum absolute atomic E-state index is 13.2. The molecule has 1 aliphatic heterocycles. The number of rotatable bonds is 2. The second-order valence-electron chi connectivity index (χ2n) is 3.83. The van der Waals surface area contributed by atoms with E-state index in [0.717, 1.165) is 0 Å². The fraction of sp³-hybridized carbons (Fsp3) is 0.455. The van der Waals surface area contributed by atoms with E-state index < -0.39 is 11.1 Å². The maximum Gasteiger partial charge on any atom is 0.269 e. The van der Waals surface area contributed by atoms with Crippen molar-refractivity contribution in [1.29, 1.82) is 0 Å². The van der Waals surface area contributed by atoms with E-state index in [1.807, 2.05) is 0 Å². The van der Waals surface area contributed by atoms with Gasteiger partial charge in [0.1, 0.15) is 6.17 Å². The topological polar surface area (TPSA) is 52.4 Å². The minimum absolute atomic E-state index is 0.0158. The minimum atomic E-state index is -0.877. The molecule has 0 unspecified atom stereocenters. The first-order chi connectivity index (χ1) is 7.66. The molecule has 1 aromatic rings. The summed E-state index contributed by atoms with van der Waals surface area (Å²) in [7, 11) is 0. The second kappa shape index (κ2) is 4.57. The summed E-state index contributed by atoms with van der Waals surface area (Å²) < 4.78 is 18.6. The molecular formula is C11H12FNO3. The number of halogens is 1. The Bertz CT molecular complexity index is 397. The Morgan fingerprint density at radius 1 is 1.50 bits per heavy atom. The van der Waals surface area contributed by atoms with Crippen LogP contribution in [0.2, 0.25) is 0 Å². The summed E-state index contributed by atoms with van der Waals surface area (Å²) in [4.78, 5) is 10.1. The van der Waals surface area contributed by atoms with Gasteiger partial charge in [-0.1, -0.05) is 12.1 Å². The molecule has 0 amide bonds. The molecular weight excluding hydrogens is 213 g/mol. The Morgan fingerprint density at radius 3 is 3.00 bits per heavy atom. The van der Waals surface area contributed by atoms with Crippen LogP contribution in [-0.4, -0.2) is 17.7 Å². The number of nitro groups is 1. The van der Waals surface area contributed by atoms with Crippen molar-refractivity contribution in [2.75, 3.05) is 6.61 Å². The van der Waals surface area contributed by atoms with E-state index in [1.165, 1.54) is 12.1 Å². The summed E-state index contributed by atoms with van der Waals surface area (Å²) in [6.45, 7) is 0.370. The molecule has 0 aliphatic carbocycles. The van der Waals surface area contributed by atoms with E-state index in [2.05, 4.69) is 0 Å². The molecule has 1 heterocycles. The third-order valence-electron chi connectivity index (χ3n) is 2.67. The van der Waals surface area contributed by atoms with Crippen LogP contribution in [0.1, 0.15) is 24.5 Å². The highest BCUT2D eigenvalue weighted by atomic mass is 19.1. The van der Waals surface area contributed by atoms with Crippen LogP contribution >= 0.6 is 0 Å². The molecule has 1 aliphatic rings. The Labute approximate surface area is 92.2 Å². The normalized spacial score (nSPS) is 25.3. The standard InChI is InChI=1S/C11H12FNO3/c12-9-4-5-16-11(7-9)8-2-1-3-10(6-8)13(14)15/h1-3,6,9,11H,4-5,7H2/t9-,11+/m1/s1. The van der Waals surface area contributed by atoms with E-state index in [4.69, 9.17) is 4.74 Å². The monoisotopic (exact) mass is 225 g/mol. The summed E-state index contributed by atoms with van der Waals surface area (Å²) in [6, 6.07) is 6.19. The van der Waals surface area contributed by atoms with Crippen LogP contribution in [0.3, 0.4) is 0 Å². The van der Waals surface area contributed by atoms with Crippen molar-refractivity contribution in [2.45, 2.75) is 25.1 Å². The smallest absolute Gasteiger partial charge is 0.269 e. The lowest BCUT2D eigenvalue weighted by atomic mass is 10.00. The molecule has 0 spiro atoms. The van der Waals surface area contributed by atoms with Gasteiger partial charge in [0.15, 0.2) is 0 Å². The lowest BCUT2D eigenvalue weighted by molar-refractivity contribution is -0.385. The molecule has 0 aromatic heterocycles. The van der Waals surface area contributed by atoms with Crippen molar-refractivity contribution in [3.05, 3.63) is 39.9 Å². The predicted octanol–water partition coefficient (Wildman–Crippen LogP) is 2.78. The number of ether oxygens (including phenoxy) is 1. The third kappa shape index (κ3) is 2.36. The first-order valence-corrected chi connectivity index (χ1v) is 5.17. The first kappa shape index (κ1) is 11.0. The zero-order valence-electron chi connectivity index (χ0n) is 8.64. The Kier molecular flexibility index (Phi) is 3.14. The van der Waals surface area contributed by atoms with Crippen LogP contribution in [0.5, 0.6) is 0 Å². The second-order valence-corrected chi connectivity index (χ2v) is 3.83. The van der Waals surface area contributed by atoms with Gasteiger partial charge in [0.05, 0.1) is 17.6 Å². The van der Waals surface area contributed by atoms with Gasteiger partial charge in [-0.25, -0.2) is 4.39 Å². The van der Waals surface area contributed by atoms with Gasteiger partial charge in [0.25, 0.3) is 5.69 Å². The van der Waals surface area contributed by atoms with Crippen molar-refractivity contribution in [2.24, 2.45) is 0 Å². The summed E-state index contributed by atoms with van der Waals surface area (Å²) in [5, 5.41) is 10.6. The molecule has 2 atom stereocenters. The molecule has 2 rings (SSSR count). The van der Waals surface area contributed by atoms with Gasteiger partial charge in [0.2, 0.25) is 0 Å². The van der Waals surface area contributed by atoms with Gasteiger partial charge in [-0.15, -0.1) is 0 Å². The highest BCUT2D eigenvalue weighted by molar-refractivity contribution is 5.35. The predicted molar refractivity (Wildman–Crippen MR) is 55.9 cm³/mol. The van der Waals surface area contributed by atoms with Crippen LogP contribution in [0.15, 0.2) is 24.3 Å². The molecule has 1 saturated heterocycles. The molecule has 0 N–H and O–H groups in total. The summed E-state index contributed by atoms with van der Waals surface area (Å²) in [5.74, 6) is 0. The van der Waals surface area contributed by atoms with Gasteiger partial charge in [-0.2, -0.15) is 0 Å². The van der Waals surface area contributed by atoms with Crippen LogP contribution < -0.4 is 0 Å². The number of nitrogens with zero attached hydrogens (tertiary/aromatic N) is 1. The molecule has 0 radical (unpaired) electrons. The quantitative estimate of drug-likeness (QED) is 0.574. The summed E-state index contributed by atoms with van der Waals surface area (Å²) in [5.41, 5.74) is 0.693. The zero-order valence-corrected chi connectivity index (χ0v) is 8.64. The first-order valence-electron chi connectivity index (χ1n) is 5.17. The Hall–Kier alpha value is -1.49. The molecule has 86 valence electrons. The lowest BCUT2D eigenvalue weighted by Crippen LogP contribution is -2.20. The Morgan fingerprint density at radius 2 is 2.31 bits per heavy atom. The van der Waals surface area contributed by atoms with Crippen molar-refractivity contribution < 1.29 is 14.1 Å². The average molecular weight is 225 g/mol. The molecule has 4 nitrogen and oxygen atoms in total. The third-order valence-corrected chi connectivity index (χ3v) is 2.67. The summed E-state index contributed by atoms with van der Waals surface area (Å²) >= 11 is 0. The van der Waals surface area contributed by atoms with Gasteiger partial charge < -0.3 is 4.74 Å². The molecule has 16 heavy (non-hydrogen) atoms. The van der Waals surface area contributed by atoms with E-state index in [9.17, 15) is 14.5 Å². The zero-order chi connectivity index (χ0) is 11.5. The number of hydrogen-bond acceptors (Lipinski definition) is 3. The van der Waals surface area contributed by atoms with E-state index in [1.54, 1.807) is 12.1 Å². The number of benzene rings is 1. The van der Waals surface area contributed by atoms with Gasteiger partial charge in [-0.05, 0) is 5.56 Å². The van der Waals surface area contributed by atoms with E-state index in [-0.39, 0.29) is 18.2 Å².